The third-order valence-corrected chi connectivity index (χ3v) is 4.30. The monoisotopic (exact) mass is 304 g/mol. The second kappa shape index (κ2) is 5.27. The van der Waals surface area contributed by atoms with Crippen LogP contribution in [0.15, 0.2) is 15.9 Å². The molecule has 6 heteroatoms. The van der Waals surface area contributed by atoms with E-state index >= 15 is 0 Å². The van der Waals surface area contributed by atoms with E-state index in [9.17, 15) is 4.79 Å². The number of nitrogens with zero attached hydrogens (tertiary/aromatic N) is 1. The van der Waals surface area contributed by atoms with Crippen molar-refractivity contribution in [2.24, 2.45) is 0 Å². The van der Waals surface area contributed by atoms with E-state index in [1.807, 2.05) is 16.3 Å². The van der Waals surface area contributed by atoms with E-state index < -0.39 is 12.0 Å². The highest BCUT2D eigenvalue weighted by atomic mass is 79.9. The topological polar surface area (TPSA) is 52.6 Å². The van der Waals surface area contributed by atoms with E-state index in [0.29, 0.717) is 6.54 Å². The van der Waals surface area contributed by atoms with Crippen LogP contribution in [0.5, 0.6) is 0 Å². The van der Waals surface area contributed by atoms with Gasteiger partial charge in [-0.2, -0.15) is 0 Å². The Morgan fingerprint density at radius 2 is 2.56 bits per heavy atom. The predicted octanol–water partition coefficient (Wildman–Crippen LogP) is 1.37. The fourth-order valence-electron chi connectivity index (χ4n) is 1.82. The van der Waals surface area contributed by atoms with Gasteiger partial charge in [-0.1, -0.05) is 0 Å². The van der Waals surface area contributed by atoms with Crippen molar-refractivity contribution in [1.82, 2.24) is 10.2 Å². The number of thiophene rings is 1. The first-order chi connectivity index (χ1) is 7.66. The van der Waals surface area contributed by atoms with Crippen LogP contribution in [0.25, 0.3) is 0 Å². The number of piperazine rings is 1. The number of carboxylic acid groups (broad SMARTS) is 1. The average molecular weight is 305 g/mol. The standard InChI is InChI=1S/C10H13BrN2O2S/c11-7-3-8(16-6-7)5-13-2-1-12-4-9(13)10(14)15/h3,6,9,12H,1-2,4-5H2,(H,14,15). The van der Waals surface area contributed by atoms with Gasteiger partial charge in [0.15, 0.2) is 0 Å². The first kappa shape index (κ1) is 12.0. The van der Waals surface area contributed by atoms with Gasteiger partial charge in [0.05, 0.1) is 0 Å². The van der Waals surface area contributed by atoms with Crippen molar-refractivity contribution in [2.45, 2.75) is 12.6 Å². The molecule has 2 heterocycles. The van der Waals surface area contributed by atoms with Gasteiger partial charge >= 0.3 is 5.97 Å². The molecule has 0 spiro atoms. The number of carboxylic acids is 1. The number of carbonyl (C=O) groups is 1. The number of nitrogens with one attached hydrogen (secondary N) is 1. The Bertz CT molecular complexity index is 383. The second-order valence-corrected chi connectivity index (χ2v) is 5.67. The summed E-state index contributed by atoms with van der Waals surface area (Å²) in [5.41, 5.74) is 0. The zero-order valence-electron chi connectivity index (χ0n) is 8.65. The third-order valence-electron chi connectivity index (χ3n) is 2.62. The van der Waals surface area contributed by atoms with E-state index in [4.69, 9.17) is 5.11 Å². The number of rotatable bonds is 3. The van der Waals surface area contributed by atoms with Crippen molar-refractivity contribution in [1.29, 1.82) is 0 Å². The molecule has 0 amide bonds. The molecule has 1 atom stereocenters. The van der Waals surface area contributed by atoms with Crippen molar-refractivity contribution in [3.05, 3.63) is 20.8 Å². The summed E-state index contributed by atoms with van der Waals surface area (Å²) in [5.74, 6) is -0.747. The molecule has 0 aromatic carbocycles. The summed E-state index contributed by atoms with van der Waals surface area (Å²) in [5, 5.41) is 14.2. The summed E-state index contributed by atoms with van der Waals surface area (Å²) in [6.07, 6.45) is 0. The van der Waals surface area contributed by atoms with Crippen molar-refractivity contribution >= 4 is 33.2 Å². The van der Waals surface area contributed by atoms with Crippen LogP contribution in [-0.2, 0) is 11.3 Å². The Kier molecular flexibility index (Phi) is 3.96. The van der Waals surface area contributed by atoms with Gasteiger partial charge in [-0.25, -0.2) is 0 Å². The maximum atomic E-state index is 11.1. The van der Waals surface area contributed by atoms with E-state index in [0.717, 1.165) is 24.1 Å². The van der Waals surface area contributed by atoms with Crippen LogP contribution in [0.1, 0.15) is 4.88 Å². The molecule has 88 valence electrons. The Labute approximate surface area is 106 Å². The van der Waals surface area contributed by atoms with Gasteiger partial charge < -0.3 is 10.4 Å². The fraction of sp³-hybridized carbons (Fsp3) is 0.500. The molecule has 0 aliphatic carbocycles. The molecule has 16 heavy (non-hydrogen) atoms. The largest absolute Gasteiger partial charge is 0.480 e. The zero-order valence-corrected chi connectivity index (χ0v) is 11.1. The molecular weight excluding hydrogens is 292 g/mol. The summed E-state index contributed by atoms with van der Waals surface area (Å²) < 4.78 is 1.06. The third kappa shape index (κ3) is 2.82. The Morgan fingerprint density at radius 3 is 3.19 bits per heavy atom. The number of aliphatic carboxylic acids is 1. The van der Waals surface area contributed by atoms with Crippen LogP contribution in [0.4, 0.5) is 0 Å². The summed E-state index contributed by atoms with van der Waals surface area (Å²) >= 11 is 5.06. The van der Waals surface area contributed by atoms with Crippen LogP contribution in [0.2, 0.25) is 0 Å². The molecule has 1 aromatic rings. The van der Waals surface area contributed by atoms with Crippen LogP contribution in [0.3, 0.4) is 0 Å². The Hall–Kier alpha value is -0.430. The molecule has 1 saturated heterocycles. The minimum Gasteiger partial charge on any atom is -0.480 e. The van der Waals surface area contributed by atoms with Crippen molar-refractivity contribution in [3.63, 3.8) is 0 Å². The van der Waals surface area contributed by atoms with E-state index in [1.54, 1.807) is 11.3 Å². The lowest BCUT2D eigenvalue weighted by atomic mass is 10.2. The number of hydrogen-bond acceptors (Lipinski definition) is 4. The highest BCUT2D eigenvalue weighted by Crippen LogP contribution is 2.22. The van der Waals surface area contributed by atoms with Gasteiger partial charge in [-0.15, -0.1) is 11.3 Å². The number of hydrogen-bond donors (Lipinski definition) is 2. The normalized spacial score (nSPS) is 22.2. The van der Waals surface area contributed by atoms with Gasteiger partial charge in [0, 0.05) is 40.9 Å². The van der Waals surface area contributed by atoms with Crippen LogP contribution < -0.4 is 5.32 Å². The molecule has 0 radical (unpaired) electrons. The van der Waals surface area contributed by atoms with E-state index in [2.05, 4.69) is 21.2 Å². The molecular formula is C10H13BrN2O2S. The lowest BCUT2D eigenvalue weighted by Gasteiger charge is -2.32. The Balaban J connectivity index is 2.03. The predicted molar refractivity (Wildman–Crippen MR) is 66.7 cm³/mol. The van der Waals surface area contributed by atoms with Crippen LogP contribution >= 0.6 is 27.3 Å². The summed E-state index contributed by atoms with van der Waals surface area (Å²) in [6.45, 7) is 2.89. The maximum absolute atomic E-state index is 11.1. The molecule has 1 aromatic heterocycles. The molecule has 1 unspecified atom stereocenters. The molecule has 4 nitrogen and oxygen atoms in total. The second-order valence-electron chi connectivity index (χ2n) is 3.76. The Morgan fingerprint density at radius 1 is 1.75 bits per heavy atom. The lowest BCUT2D eigenvalue weighted by molar-refractivity contribution is -0.144. The van der Waals surface area contributed by atoms with E-state index in [1.165, 1.54) is 4.88 Å². The summed E-state index contributed by atoms with van der Waals surface area (Å²) in [4.78, 5) is 14.3. The van der Waals surface area contributed by atoms with Crippen LogP contribution in [0, 0.1) is 0 Å². The first-order valence-corrected chi connectivity index (χ1v) is 6.74. The zero-order chi connectivity index (χ0) is 11.5. The van der Waals surface area contributed by atoms with Crippen molar-refractivity contribution < 1.29 is 9.90 Å². The molecule has 1 aliphatic heterocycles. The fourth-order valence-corrected chi connectivity index (χ4v) is 3.29. The van der Waals surface area contributed by atoms with Gasteiger partial charge in [0.1, 0.15) is 6.04 Å². The molecule has 1 aliphatic rings. The van der Waals surface area contributed by atoms with Gasteiger partial charge in [0.2, 0.25) is 0 Å². The van der Waals surface area contributed by atoms with Gasteiger partial charge in [-0.3, -0.25) is 9.69 Å². The highest BCUT2D eigenvalue weighted by molar-refractivity contribution is 9.10. The molecule has 0 saturated carbocycles. The van der Waals surface area contributed by atoms with E-state index in [-0.39, 0.29) is 0 Å². The molecule has 0 bridgehead atoms. The van der Waals surface area contributed by atoms with Crippen molar-refractivity contribution in [2.75, 3.05) is 19.6 Å². The maximum Gasteiger partial charge on any atom is 0.322 e. The minimum absolute atomic E-state index is 0.408. The quantitative estimate of drug-likeness (QED) is 0.885. The molecule has 1 fully saturated rings. The average Bonchev–Trinajstić information content (AvgIpc) is 2.64. The van der Waals surface area contributed by atoms with Crippen molar-refractivity contribution in [3.8, 4) is 0 Å². The highest BCUT2D eigenvalue weighted by Gasteiger charge is 2.28. The van der Waals surface area contributed by atoms with Gasteiger partial charge in [-0.05, 0) is 22.0 Å². The smallest absolute Gasteiger partial charge is 0.322 e. The van der Waals surface area contributed by atoms with Gasteiger partial charge in [0.25, 0.3) is 0 Å². The minimum atomic E-state index is -0.747. The first-order valence-electron chi connectivity index (χ1n) is 5.07. The SMILES string of the molecule is O=C(O)C1CNCCN1Cc1cc(Br)cs1. The molecule has 2 rings (SSSR count). The lowest BCUT2D eigenvalue weighted by Crippen LogP contribution is -2.54. The summed E-state index contributed by atoms with van der Waals surface area (Å²) in [7, 11) is 0. The number of halogens is 1. The van der Waals surface area contributed by atoms with Crippen LogP contribution in [-0.4, -0.2) is 41.7 Å². The summed E-state index contributed by atoms with van der Waals surface area (Å²) in [6, 6.07) is 1.64. The molecule has 2 N–H and O–H groups in total.